The zero-order chi connectivity index (χ0) is 25.3. The highest BCUT2D eigenvalue weighted by atomic mass is 28.4. The minimum absolute atomic E-state index is 0.167. The fourth-order valence-electron chi connectivity index (χ4n) is 4.87. The molecule has 2 unspecified atom stereocenters. The molecule has 0 spiro atoms. The van der Waals surface area contributed by atoms with Gasteiger partial charge in [0.25, 0.3) is 8.32 Å². The molecule has 0 radical (unpaired) electrons. The van der Waals surface area contributed by atoms with Crippen molar-refractivity contribution < 1.29 is 22.7 Å². The van der Waals surface area contributed by atoms with E-state index in [1.54, 1.807) is 0 Å². The van der Waals surface area contributed by atoms with Crippen molar-refractivity contribution in [2.75, 3.05) is 19.8 Å². The van der Waals surface area contributed by atoms with Crippen LogP contribution < -0.4 is 15.7 Å². The van der Waals surface area contributed by atoms with Gasteiger partial charge in [0, 0.05) is 19.6 Å². The van der Waals surface area contributed by atoms with Gasteiger partial charge in [0.2, 0.25) is 6.43 Å². The molecule has 1 aliphatic heterocycles. The summed E-state index contributed by atoms with van der Waals surface area (Å²) in [5.74, 6) is 0. The number of halogens is 2. The Bertz CT molecular complexity index is 818. The number of hydrogen-bond donors (Lipinski definition) is 1. The molecule has 3 atom stereocenters. The van der Waals surface area contributed by atoms with Crippen LogP contribution in [0.25, 0.3) is 0 Å². The lowest BCUT2D eigenvalue weighted by Gasteiger charge is -2.44. The van der Waals surface area contributed by atoms with Crippen molar-refractivity contribution in [2.24, 2.45) is 0 Å². The molecule has 194 valence electrons. The highest BCUT2D eigenvalue weighted by Crippen LogP contribution is 2.37. The van der Waals surface area contributed by atoms with E-state index in [0.717, 1.165) is 19.3 Å². The molecule has 3 rings (SSSR count). The van der Waals surface area contributed by atoms with E-state index in [9.17, 15) is 8.78 Å². The highest BCUT2D eigenvalue weighted by Gasteiger charge is 2.50. The highest BCUT2D eigenvalue weighted by molar-refractivity contribution is 6.99. The summed E-state index contributed by atoms with van der Waals surface area (Å²) in [5, 5.41) is 5.52. The van der Waals surface area contributed by atoms with Crippen LogP contribution in [-0.4, -0.2) is 52.9 Å². The maximum atomic E-state index is 12.9. The summed E-state index contributed by atoms with van der Waals surface area (Å²) in [6.45, 7) is 9.92. The van der Waals surface area contributed by atoms with E-state index >= 15 is 0 Å². The second-order valence-electron chi connectivity index (χ2n) is 10.4. The Morgan fingerprint density at radius 2 is 1.60 bits per heavy atom. The second-order valence-corrected chi connectivity index (χ2v) is 14.7. The summed E-state index contributed by atoms with van der Waals surface area (Å²) in [6, 6.07) is 20.6. The zero-order valence-electron chi connectivity index (χ0n) is 21.5. The van der Waals surface area contributed by atoms with Crippen molar-refractivity contribution in [3.05, 3.63) is 60.7 Å². The summed E-state index contributed by atoms with van der Waals surface area (Å²) in [5.41, 5.74) is 0. The third kappa shape index (κ3) is 7.43. The first kappa shape index (κ1) is 27.9. The third-order valence-corrected chi connectivity index (χ3v) is 11.7. The maximum absolute atomic E-state index is 12.9. The first-order valence-electron chi connectivity index (χ1n) is 12.8. The van der Waals surface area contributed by atoms with Gasteiger partial charge in [-0.25, -0.2) is 8.78 Å². The van der Waals surface area contributed by atoms with Crippen molar-refractivity contribution in [1.82, 2.24) is 5.32 Å². The summed E-state index contributed by atoms with van der Waals surface area (Å²) >= 11 is 0. The van der Waals surface area contributed by atoms with Crippen LogP contribution in [0.4, 0.5) is 8.78 Å². The number of rotatable bonds is 12. The van der Waals surface area contributed by atoms with Crippen LogP contribution in [0.3, 0.4) is 0 Å². The predicted molar refractivity (Wildman–Crippen MR) is 140 cm³/mol. The van der Waals surface area contributed by atoms with Gasteiger partial charge in [-0.15, -0.1) is 0 Å². The number of benzene rings is 2. The fraction of sp³-hybridized carbons (Fsp3) is 0.571. The maximum Gasteiger partial charge on any atom is 0.261 e. The van der Waals surface area contributed by atoms with Crippen molar-refractivity contribution in [2.45, 2.75) is 83.3 Å². The van der Waals surface area contributed by atoms with Gasteiger partial charge >= 0.3 is 0 Å². The summed E-state index contributed by atoms with van der Waals surface area (Å²) in [7, 11) is -2.75. The molecule has 0 amide bonds. The minimum Gasteiger partial charge on any atom is -0.406 e. The third-order valence-electron chi connectivity index (χ3n) is 6.74. The second kappa shape index (κ2) is 13.1. The number of ether oxygens (including phenoxy) is 2. The van der Waals surface area contributed by atoms with Gasteiger partial charge < -0.3 is 19.2 Å². The fourth-order valence-corrected chi connectivity index (χ4v) is 9.45. The van der Waals surface area contributed by atoms with Crippen LogP contribution in [0.15, 0.2) is 60.7 Å². The van der Waals surface area contributed by atoms with Crippen molar-refractivity contribution >= 4 is 18.7 Å². The smallest absolute Gasteiger partial charge is 0.261 e. The van der Waals surface area contributed by atoms with Crippen LogP contribution in [0, 0.1) is 0 Å². The van der Waals surface area contributed by atoms with Crippen LogP contribution in [0.5, 0.6) is 0 Å². The Morgan fingerprint density at radius 3 is 2.09 bits per heavy atom. The number of alkyl halides is 2. The standard InChI is InChI=1S/C28H41F2NO3Si/c1-22(34-27-17-11-12-20-32-27)25(31-19-18-26(29)30)21-33-35(28(2,3)4,23-13-7-5-8-14-23)24-15-9-6-10-16-24/h5-10,13-16,22,25-27,31H,11-12,17-21H2,1-4H3/t22?,25-,27?/m1/s1. The van der Waals surface area contributed by atoms with E-state index in [-0.39, 0.29) is 36.4 Å². The minimum atomic E-state index is -2.75. The number of nitrogens with one attached hydrogen (secondary N) is 1. The molecule has 4 nitrogen and oxygen atoms in total. The molecular weight excluding hydrogens is 464 g/mol. The van der Waals surface area contributed by atoms with Crippen molar-refractivity contribution in [3.8, 4) is 0 Å². The molecule has 1 saturated heterocycles. The van der Waals surface area contributed by atoms with Crippen molar-refractivity contribution in [1.29, 1.82) is 0 Å². The lowest BCUT2D eigenvalue weighted by molar-refractivity contribution is -0.191. The molecule has 1 aliphatic rings. The van der Waals surface area contributed by atoms with Crippen LogP contribution >= 0.6 is 0 Å². The van der Waals surface area contributed by atoms with E-state index in [1.165, 1.54) is 10.4 Å². The molecule has 0 bridgehead atoms. The average molecular weight is 506 g/mol. The Hall–Kier alpha value is -1.64. The number of hydrogen-bond acceptors (Lipinski definition) is 4. The Morgan fingerprint density at radius 1 is 1.00 bits per heavy atom. The molecule has 1 heterocycles. The topological polar surface area (TPSA) is 39.7 Å². The summed E-state index contributed by atoms with van der Waals surface area (Å²) < 4.78 is 44.9. The van der Waals surface area contributed by atoms with Gasteiger partial charge in [-0.1, -0.05) is 81.4 Å². The van der Waals surface area contributed by atoms with E-state index in [0.29, 0.717) is 13.2 Å². The summed E-state index contributed by atoms with van der Waals surface area (Å²) in [6.07, 6.45) is -0.106. The Kier molecular flexibility index (Phi) is 10.4. The van der Waals surface area contributed by atoms with E-state index in [1.807, 2.05) is 19.1 Å². The van der Waals surface area contributed by atoms with Gasteiger partial charge in [-0.2, -0.15) is 0 Å². The van der Waals surface area contributed by atoms with Crippen LogP contribution in [0.1, 0.15) is 53.4 Å². The lowest BCUT2D eigenvalue weighted by Crippen LogP contribution is -2.67. The van der Waals surface area contributed by atoms with Crippen molar-refractivity contribution in [3.63, 3.8) is 0 Å². The van der Waals surface area contributed by atoms with Crippen LogP contribution in [0.2, 0.25) is 5.04 Å². The van der Waals surface area contributed by atoms with Gasteiger partial charge in [-0.05, 0) is 41.6 Å². The van der Waals surface area contributed by atoms with E-state index in [2.05, 4.69) is 74.6 Å². The molecule has 1 N–H and O–H groups in total. The first-order chi connectivity index (χ1) is 16.7. The largest absolute Gasteiger partial charge is 0.406 e. The zero-order valence-corrected chi connectivity index (χ0v) is 22.5. The average Bonchev–Trinajstić information content (AvgIpc) is 2.84. The predicted octanol–water partition coefficient (Wildman–Crippen LogP) is 5.11. The normalized spacial score (nSPS) is 19.0. The van der Waals surface area contributed by atoms with Gasteiger partial charge in [-0.3, -0.25) is 0 Å². The monoisotopic (exact) mass is 505 g/mol. The Balaban J connectivity index is 1.89. The first-order valence-corrected chi connectivity index (χ1v) is 14.7. The molecule has 2 aromatic rings. The molecule has 1 fully saturated rings. The molecule has 0 saturated carbocycles. The molecule has 0 aromatic heterocycles. The summed E-state index contributed by atoms with van der Waals surface area (Å²) in [4.78, 5) is 0. The van der Waals surface area contributed by atoms with Gasteiger partial charge in [0.05, 0.1) is 18.8 Å². The van der Waals surface area contributed by atoms with E-state index < -0.39 is 14.7 Å². The van der Waals surface area contributed by atoms with E-state index in [4.69, 9.17) is 13.9 Å². The Labute approximate surface area is 210 Å². The molecule has 2 aromatic carbocycles. The quantitative estimate of drug-likeness (QED) is 0.407. The SMILES string of the molecule is CC(OC1CCCCO1)[C@@H](CO[Si](c1ccccc1)(c1ccccc1)C(C)(C)C)NCCC(F)F. The molecule has 35 heavy (non-hydrogen) atoms. The van der Waals surface area contributed by atoms with Gasteiger partial charge in [0.1, 0.15) is 0 Å². The van der Waals surface area contributed by atoms with Gasteiger partial charge in [0.15, 0.2) is 6.29 Å². The molecule has 7 heteroatoms. The molecular formula is C28H41F2NO3Si. The molecule has 0 aliphatic carbocycles. The van der Waals surface area contributed by atoms with Crippen LogP contribution in [-0.2, 0) is 13.9 Å². The lowest BCUT2D eigenvalue weighted by atomic mass is 10.1.